The second-order valence-corrected chi connectivity index (χ2v) is 5.87. The molecular formula is C19H23NO. The second-order valence-electron chi connectivity index (χ2n) is 5.87. The Bertz CT molecular complexity index is 621. The topological polar surface area (TPSA) is 35.2 Å². The Hall–Kier alpha value is -1.80. The van der Waals surface area contributed by atoms with Crippen LogP contribution in [0.15, 0.2) is 42.5 Å². The normalized spacial score (nSPS) is 17.3. The molecule has 0 spiro atoms. The molecule has 1 atom stereocenters. The van der Waals surface area contributed by atoms with Gasteiger partial charge in [0, 0.05) is 18.0 Å². The van der Waals surface area contributed by atoms with Gasteiger partial charge in [0.05, 0.1) is 6.61 Å². The van der Waals surface area contributed by atoms with Crippen molar-refractivity contribution in [1.29, 1.82) is 0 Å². The fraction of sp³-hybridized carbons (Fsp3) is 0.368. The zero-order chi connectivity index (χ0) is 14.7. The molecule has 2 aromatic carbocycles. The fourth-order valence-electron chi connectivity index (χ4n) is 3.29. The second kappa shape index (κ2) is 6.31. The van der Waals surface area contributed by atoms with Crippen LogP contribution in [0.25, 0.3) is 0 Å². The first-order chi connectivity index (χ1) is 10.3. The van der Waals surface area contributed by atoms with Gasteiger partial charge in [0.15, 0.2) is 0 Å². The largest absolute Gasteiger partial charge is 0.492 e. The van der Waals surface area contributed by atoms with Crippen molar-refractivity contribution in [2.24, 2.45) is 5.73 Å². The lowest BCUT2D eigenvalue weighted by atomic mass is 9.83. The van der Waals surface area contributed by atoms with E-state index in [0.717, 1.165) is 17.9 Å². The number of para-hydroxylation sites is 1. The minimum atomic E-state index is 0.500. The molecule has 1 aliphatic rings. The molecule has 2 N–H and O–H groups in total. The van der Waals surface area contributed by atoms with Gasteiger partial charge in [-0.25, -0.2) is 0 Å². The molecule has 3 rings (SSSR count). The average Bonchev–Trinajstić information content (AvgIpc) is 2.53. The summed E-state index contributed by atoms with van der Waals surface area (Å²) in [7, 11) is 0. The Morgan fingerprint density at radius 1 is 1.14 bits per heavy atom. The molecule has 110 valence electrons. The first kappa shape index (κ1) is 14.2. The van der Waals surface area contributed by atoms with E-state index in [1.807, 2.05) is 6.07 Å². The molecule has 0 amide bonds. The van der Waals surface area contributed by atoms with E-state index in [2.05, 4.69) is 43.3 Å². The Morgan fingerprint density at radius 3 is 2.86 bits per heavy atom. The number of rotatable bonds is 4. The van der Waals surface area contributed by atoms with Gasteiger partial charge < -0.3 is 10.5 Å². The van der Waals surface area contributed by atoms with E-state index in [0.29, 0.717) is 12.5 Å². The first-order valence-electron chi connectivity index (χ1n) is 7.78. The number of ether oxygens (including phenoxy) is 1. The van der Waals surface area contributed by atoms with Crippen LogP contribution in [0.1, 0.15) is 41.0 Å². The SMILES string of the molecule is Cc1cccc(CN)c1OCC1CCCc2ccccc21. The number of hydrogen-bond acceptors (Lipinski definition) is 2. The zero-order valence-electron chi connectivity index (χ0n) is 12.6. The van der Waals surface area contributed by atoms with Crippen LogP contribution >= 0.6 is 0 Å². The number of benzene rings is 2. The molecule has 0 heterocycles. The predicted octanol–water partition coefficient (Wildman–Crippen LogP) is 3.95. The predicted molar refractivity (Wildman–Crippen MR) is 86.7 cm³/mol. The lowest BCUT2D eigenvalue weighted by Crippen LogP contribution is -2.17. The van der Waals surface area contributed by atoms with E-state index in [9.17, 15) is 0 Å². The molecule has 1 aliphatic carbocycles. The van der Waals surface area contributed by atoms with Crippen molar-refractivity contribution >= 4 is 0 Å². The van der Waals surface area contributed by atoms with Gasteiger partial charge in [-0.15, -0.1) is 0 Å². The highest BCUT2D eigenvalue weighted by atomic mass is 16.5. The third-order valence-electron chi connectivity index (χ3n) is 4.44. The van der Waals surface area contributed by atoms with Gasteiger partial charge in [-0.05, 0) is 42.9 Å². The minimum Gasteiger partial charge on any atom is -0.492 e. The molecule has 0 saturated carbocycles. The van der Waals surface area contributed by atoms with Crippen molar-refractivity contribution in [3.63, 3.8) is 0 Å². The van der Waals surface area contributed by atoms with Gasteiger partial charge in [0.25, 0.3) is 0 Å². The molecule has 0 radical (unpaired) electrons. The van der Waals surface area contributed by atoms with Crippen molar-refractivity contribution in [2.75, 3.05) is 6.61 Å². The van der Waals surface area contributed by atoms with Gasteiger partial charge in [0.1, 0.15) is 5.75 Å². The summed E-state index contributed by atoms with van der Waals surface area (Å²) in [6, 6.07) is 15.0. The Morgan fingerprint density at radius 2 is 2.00 bits per heavy atom. The fourth-order valence-corrected chi connectivity index (χ4v) is 3.29. The summed E-state index contributed by atoms with van der Waals surface area (Å²) in [5.74, 6) is 1.48. The van der Waals surface area contributed by atoms with E-state index >= 15 is 0 Å². The summed E-state index contributed by atoms with van der Waals surface area (Å²) >= 11 is 0. The van der Waals surface area contributed by atoms with Crippen LogP contribution < -0.4 is 10.5 Å². The van der Waals surface area contributed by atoms with Crippen LogP contribution in [-0.4, -0.2) is 6.61 Å². The minimum absolute atomic E-state index is 0.500. The lowest BCUT2D eigenvalue weighted by molar-refractivity contribution is 0.270. The Labute approximate surface area is 126 Å². The number of hydrogen-bond donors (Lipinski definition) is 1. The Kier molecular flexibility index (Phi) is 4.26. The van der Waals surface area contributed by atoms with Gasteiger partial charge in [-0.3, -0.25) is 0 Å². The maximum absolute atomic E-state index is 6.18. The molecular weight excluding hydrogens is 258 g/mol. The van der Waals surface area contributed by atoms with Gasteiger partial charge in [-0.2, -0.15) is 0 Å². The standard InChI is InChI=1S/C19H23NO/c1-14-6-4-9-16(12-20)19(14)21-13-17-10-5-8-15-7-2-3-11-18(15)17/h2-4,6-7,9,11,17H,5,8,10,12-13,20H2,1H3. The van der Waals surface area contributed by atoms with Crippen LogP contribution in [0.4, 0.5) is 0 Å². The number of aryl methyl sites for hydroxylation is 2. The van der Waals surface area contributed by atoms with Crippen molar-refractivity contribution in [1.82, 2.24) is 0 Å². The van der Waals surface area contributed by atoms with Crippen LogP contribution in [0.5, 0.6) is 5.75 Å². The van der Waals surface area contributed by atoms with Crippen LogP contribution in [0, 0.1) is 6.92 Å². The molecule has 0 bridgehead atoms. The lowest BCUT2D eigenvalue weighted by Gasteiger charge is -2.26. The molecule has 0 fully saturated rings. The summed E-state index contributed by atoms with van der Waals surface area (Å²) in [6.07, 6.45) is 3.66. The maximum atomic E-state index is 6.18. The Balaban J connectivity index is 1.78. The van der Waals surface area contributed by atoms with Crippen molar-refractivity contribution in [3.05, 3.63) is 64.7 Å². The van der Waals surface area contributed by atoms with Crippen LogP contribution in [0.2, 0.25) is 0 Å². The molecule has 1 unspecified atom stereocenters. The van der Waals surface area contributed by atoms with Crippen LogP contribution in [-0.2, 0) is 13.0 Å². The third-order valence-corrected chi connectivity index (χ3v) is 4.44. The summed E-state index contributed by atoms with van der Waals surface area (Å²) in [6.45, 7) is 3.36. The van der Waals surface area contributed by atoms with Gasteiger partial charge in [0.2, 0.25) is 0 Å². The number of nitrogens with two attached hydrogens (primary N) is 1. The molecule has 0 saturated heterocycles. The first-order valence-corrected chi connectivity index (χ1v) is 7.78. The van der Waals surface area contributed by atoms with Gasteiger partial charge in [-0.1, -0.05) is 42.5 Å². The molecule has 2 aromatic rings. The van der Waals surface area contributed by atoms with Crippen molar-refractivity contribution < 1.29 is 4.74 Å². The highest BCUT2D eigenvalue weighted by Gasteiger charge is 2.20. The van der Waals surface area contributed by atoms with E-state index in [1.165, 1.54) is 36.0 Å². The zero-order valence-corrected chi connectivity index (χ0v) is 12.6. The van der Waals surface area contributed by atoms with Gasteiger partial charge >= 0.3 is 0 Å². The highest BCUT2D eigenvalue weighted by Crippen LogP contribution is 2.33. The highest BCUT2D eigenvalue weighted by molar-refractivity contribution is 5.41. The summed E-state index contributed by atoms with van der Waals surface area (Å²) in [5.41, 5.74) is 11.0. The monoisotopic (exact) mass is 281 g/mol. The summed E-state index contributed by atoms with van der Waals surface area (Å²) in [4.78, 5) is 0. The molecule has 2 heteroatoms. The molecule has 0 aromatic heterocycles. The summed E-state index contributed by atoms with van der Waals surface area (Å²) < 4.78 is 6.18. The summed E-state index contributed by atoms with van der Waals surface area (Å²) in [5, 5.41) is 0. The van der Waals surface area contributed by atoms with Crippen molar-refractivity contribution in [2.45, 2.75) is 38.6 Å². The van der Waals surface area contributed by atoms with E-state index in [1.54, 1.807) is 0 Å². The maximum Gasteiger partial charge on any atom is 0.126 e. The average molecular weight is 281 g/mol. The quantitative estimate of drug-likeness (QED) is 0.921. The third kappa shape index (κ3) is 2.96. The van der Waals surface area contributed by atoms with E-state index < -0.39 is 0 Å². The van der Waals surface area contributed by atoms with E-state index in [4.69, 9.17) is 10.5 Å². The molecule has 0 aliphatic heterocycles. The molecule has 21 heavy (non-hydrogen) atoms. The van der Waals surface area contributed by atoms with Crippen LogP contribution in [0.3, 0.4) is 0 Å². The smallest absolute Gasteiger partial charge is 0.126 e. The van der Waals surface area contributed by atoms with Crippen molar-refractivity contribution in [3.8, 4) is 5.75 Å². The number of fused-ring (bicyclic) bond motifs is 1. The molecule has 2 nitrogen and oxygen atoms in total. The van der Waals surface area contributed by atoms with E-state index in [-0.39, 0.29) is 0 Å².